The first-order valence-electron chi connectivity index (χ1n) is 15.6. The number of ether oxygens (including phenoxy) is 4. The Morgan fingerprint density at radius 2 is 0.635 bits per heavy atom. The summed E-state index contributed by atoms with van der Waals surface area (Å²) in [5.74, 6) is 0. The fourth-order valence-corrected chi connectivity index (χ4v) is 18.5. The van der Waals surface area contributed by atoms with E-state index < -0.39 is 30.0 Å². The van der Waals surface area contributed by atoms with Crippen LogP contribution < -0.4 is 20.3 Å². The van der Waals surface area contributed by atoms with Crippen molar-refractivity contribution in [2.24, 2.45) is 37.1 Å². The minimum atomic E-state index is -4.00. The van der Waals surface area contributed by atoms with Crippen molar-refractivity contribution >= 4 is 169 Å². The zero-order valence-corrected chi connectivity index (χ0v) is 38.9. The molecule has 1 aliphatic heterocycles. The van der Waals surface area contributed by atoms with Crippen LogP contribution in [0.25, 0.3) is 0 Å². The van der Waals surface area contributed by atoms with E-state index in [-0.39, 0.29) is 47.1 Å². The largest absolute Gasteiger partial charge is 0.471 e. The van der Waals surface area contributed by atoms with Crippen LogP contribution in [0.4, 0.5) is 0 Å². The maximum atomic E-state index is 5.77. The van der Waals surface area contributed by atoms with Crippen LogP contribution in [0.2, 0.25) is 0 Å². The third-order valence-electron chi connectivity index (χ3n) is 5.61. The monoisotopic (exact) mass is 940 g/mol. The fourth-order valence-electron chi connectivity index (χ4n) is 3.29. The van der Waals surface area contributed by atoms with Gasteiger partial charge >= 0.3 is 30.0 Å². The lowest BCUT2D eigenvalue weighted by Crippen LogP contribution is -2.26. The number of thiocarbonyl (C=S) groups is 8. The highest BCUT2D eigenvalue weighted by Crippen LogP contribution is 2.76. The van der Waals surface area contributed by atoms with E-state index in [0.29, 0.717) is 25.7 Å². The van der Waals surface area contributed by atoms with Crippen LogP contribution in [0.3, 0.4) is 0 Å². The lowest BCUT2D eigenvalue weighted by atomic mass is 10.4. The summed E-state index contributed by atoms with van der Waals surface area (Å²) in [6, 6.07) is 0. The van der Waals surface area contributed by atoms with Crippen LogP contribution in [0.1, 0.15) is 79.1 Å². The summed E-state index contributed by atoms with van der Waals surface area (Å²) in [4.78, 5) is 0. The van der Waals surface area contributed by atoms with Crippen LogP contribution >= 0.6 is 128 Å². The van der Waals surface area contributed by atoms with E-state index in [4.69, 9.17) is 135 Å². The molecule has 52 heavy (non-hydrogen) atoms. The quantitative estimate of drug-likeness (QED) is 0.0391. The summed E-state index contributed by atoms with van der Waals surface area (Å²) in [6.07, 6.45) is 6.15. The summed E-state index contributed by atoms with van der Waals surface area (Å²) >= 11 is 42.7. The molecule has 0 fully saturated rings. The van der Waals surface area contributed by atoms with Gasteiger partial charge in [-0.25, -0.2) is 0 Å². The molecule has 0 aromatic heterocycles. The molecule has 1 rings (SSSR count). The minimum Gasteiger partial charge on any atom is -0.471 e. The van der Waals surface area contributed by atoms with Crippen LogP contribution in [0.15, 0.2) is 37.1 Å². The molecule has 0 aromatic rings. The van der Waals surface area contributed by atoms with E-state index in [1.54, 1.807) is 0 Å². The zero-order valence-electron chi connectivity index (χ0n) is 28.8. The fraction of sp³-hybridized carbons (Fsp3) is 0.667. The van der Waals surface area contributed by atoms with Gasteiger partial charge in [0.2, 0.25) is 0 Å². The number of unbranched alkanes of at least 4 members (excludes halogenated alkanes) is 4. The first kappa shape index (κ1) is 48.9. The van der Waals surface area contributed by atoms with Gasteiger partial charge in [-0.15, -0.1) is 19.1 Å². The van der Waals surface area contributed by atoms with Crippen LogP contribution in [0.5, 0.6) is 0 Å². The van der Waals surface area contributed by atoms with Gasteiger partial charge in [0.1, 0.15) is 0 Å². The minimum absolute atomic E-state index is 0.136. The summed E-state index contributed by atoms with van der Waals surface area (Å²) in [6.45, 7) is 9.08. The molecule has 288 valence electrons. The van der Waals surface area contributed by atoms with Crippen molar-refractivity contribution in [3.05, 3.63) is 0 Å². The van der Waals surface area contributed by atoms with Crippen LogP contribution in [-0.2, 0) is 18.9 Å². The highest BCUT2D eigenvalue weighted by atomic mass is 32.1. The third kappa shape index (κ3) is 18.0. The summed E-state index contributed by atoms with van der Waals surface area (Å²) in [5, 5.41) is 20.7. The summed E-state index contributed by atoms with van der Waals surface area (Å²) in [7, 11) is -16.0. The van der Waals surface area contributed by atoms with Gasteiger partial charge in [0.25, 0.3) is 20.7 Å². The molecule has 1 aliphatic rings. The van der Waals surface area contributed by atoms with E-state index >= 15 is 0 Å². The van der Waals surface area contributed by atoms with E-state index in [2.05, 4.69) is 60.0 Å². The SMILES string of the molecule is CCCCOC(=S)NP1(N=C=S)=NP(N=C=S)(NC(=S)OCCCC)=NP(N=C=S)(NC(=S)OCCCC)=NP(N=C=S)(NC(=S)OCCCC)=N1. The molecule has 16 nitrogen and oxygen atoms in total. The third-order valence-corrected chi connectivity index (χ3v) is 19.5. The van der Waals surface area contributed by atoms with Gasteiger partial charge in [0.15, 0.2) is 0 Å². The van der Waals surface area contributed by atoms with Crippen molar-refractivity contribution < 1.29 is 18.9 Å². The second-order valence-electron chi connectivity index (χ2n) is 9.80. The number of isothiocyanates is 4. The Kier molecular flexibility index (Phi) is 25.1. The standard InChI is InChI=1S/C24H40N12O4P4S8/c1-5-9-13-37-21(49)29-41(25-17-45)33-42(26-18-46,30-22(50)38-14-10-6-2)35-44(28-20-48,32-24(52)40-16-12-8-4)36-43(34-41,27-19-47)31-23(51)39-15-11-7-3/h5-16H2,1-4H3,(H,29,49)(H,30,50)(H,31,51)(H,32,52). The Labute approximate surface area is 348 Å². The molecule has 0 saturated heterocycles. The molecule has 28 heteroatoms. The van der Waals surface area contributed by atoms with E-state index in [0.717, 1.165) is 25.7 Å². The summed E-state index contributed by atoms with van der Waals surface area (Å²) < 4.78 is 60.6. The molecule has 0 radical (unpaired) electrons. The Bertz CT molecular complexity index is 1470. The number of nitrogens with one attached hydrogen (secondary N) is 4. The molecule has 0 spiro atoms. The molecule has 0 unspecified atom stereocenters. The van der Waals surface area contributed by atoms with Crippen molar-refractivity contribution in [3.63, 3.8) is 0 Å². The number of hydrogen-bond donors (Lipinski definition) is 4. The second kappa shape index (κ2) is 26.6. The maximum absolute atomic E-state index is 5.77. The molecule has 0 saturated carbocycles. The molecular weight excluding hydrogens is 901 g/mol. The Morgan fingerprint density at radius 3 is 0.788 bits per heavy atom. The van der Waals surface area contributed by atoms with Gasteiger partial charge in [-0.3, -0.25) is 20.3 Å². The Morgan fingerprint density at radius 1 is 0.442 bits per heavy atom. The highest BCUT2D eigenvalue weighted by Gasteiger charge is 2.41. The van der Waals surface area contributed by atoms with Crippen LogP contribution in [0, 0.1) is 0 Å². The van der Waals surface area contributed by atoms with E-state index in [9.17, 15) is 0 Å². The molecule has 0 aromatic carbocycles. The molecule has 0 amide bonds. The first-order valence-corrected chi connectivity index (χ1v) is 25.5. The molecule has 0 aliphatic carbocycles. The number of nitrogens with zero attached hydrogens (tertiary/aromatic N) is 8. The molecule has 1 heterocycles. The van der Waals surface area contributed by atoms with Gasteiger partial charge in [-0.2, -0.15) is 18.1 Å². The Balaban J connectivity index is 4.60. The zero-order chi connectivity index (χ0) is 38.9. The predicted molar refractivity (Wildman–Crippen MR) is 244 cm³/mol. The average Bonchev–Trinajstić information content (AvgIpc) is 3.05. The van der Waals surface area contributed by atoms with E-state index in [1.165, 1.54) is 0 Å². The van der Waals surface area contributed by atoms with Crippen LogP contribution in [-0.4, -0.2) is 67.8 Å². The van der Waals surface area contributed by atoms with Gasteiger partial charge in [0, 0.05) is 0 Å². The van der Waals surface area contributed by atoms with Gasteiger partial charge in [0.05, 0.1) is 47.1 Å². The lowest BCUT2D eigenvalue weighted by molar-refractivity contribution is 0.297. The maximum Gasteiger partial charge on any atom is 0.301 e. The van der Waals surface area contributed by atoms with Crippen molar-refractivity contribution in [2.75, 3.05) is 26.4 Å². The Hall–Kier alpha value is -1.12. The van der Waals surface area contributed by atoms with Gasteiger partial charge < -0.3 is 18.9 Å². The van der Waals surface area contributed by atoms with E-state index in [1.807, 2.05) is 27.7 Å². The molecule has 4 N–H and O–H groups in total. The number of rotatable bonds is 20. The first-order chi connectivity index (χ1) is 24.9. The molecular formula is C24H40N12O4P4S8. The summed E-state index contributed by atoms with van der Waals surface area (Å²) in [5.41, 5.74) is 0. The predicted octanol–water partition coefficient (Wildman–Crippen LogP) is 11.0. The van der Waals surface area contributed by atoms with Crippen molar-refractivity contribution in [2.45, 2.75) is 79.1 Å². The molecule has 0 bridgehead atoms. The normalized spacial score (nSPS) is 22.8. The van der Waals surface area contributed by atoms with Gasteiger partial charge in [-0.05, 0) is 123 Å². The second-order valence-corrected chi connectivity index (χ2v) is 21.1. The van der Waals surface area contributed by atoms with Crippen molar-refractivity contribution in [3.8, 4) is 0 Å². The smallest absolute Gasteiger partial charge is 0.301 e. The molecule has 0 atom stereocenters. The van der Waals surface area contributed by atoms with Gasteiger partial charge in [-0.1, -0.05) is 53.4 Å². The van der Waals surface area contributed by atoms with Crippen molar-refractivity contribution in [1.82, 2.24) is 20.3 Å². The lowest BCUT2D eigenvalue weighted by Gasteiger charge is -2.30. The van der Waals surface area contributed by atoms with Crippen molar-refractivity contribution in [1.29, 1.82) is 0 Å². The highest BCUT2D eigenvalue weighted by molar-refractivity contribution is 7.89. The topological polar surface area (TPSA) is 184 Å². The average molecular weight is 941 g/mol. The number of hydrogen-bond acceptors (Lipinski definition) is 20.